The first-order valence-corrected chi connectivity index (χ1v) is 46.9. The van der Waals surface area contributed by atoms with Gasteiger partial charge in [0.1, 0.15) is 0 Å². The summed E-state index contributed by atoms with van der Waals surface area (Å²) < 4.78 is 0. The molecule has 0 unspecified atom stereocenters. The van der Waals surface area contributed by atoms with Gasteiger partial charge in [-0.25, -0.2) is 0 Å². The first-order valence-electron chi connectivity index (χ1n) is 46.9. The second-order valence-electron chi connectivity index (χ2n) is 39.7. The molecule has 0 atom stereocenters. The number of hydrogen-bond acceptors (Lipinski definition) is 2. The number of hydrogen-bond donors (Lipinski definition) is 0. The lowest BCUT2D eigenvalue weighted by atomic mass is 9.80. The molecule has 0 aromatic heterocycles. The maximum absolute atomic E-state index is 2.48. The number of rotatable bonds is 14. The number of para-hydroxylation sites is 2. The van der Waals surface area contributed by atoms with Crippen molar-refractivity contribution in [3.05, 3.63) is 467 Å². The Bertz CT molecular complexity index is 7730. The van der Waals surface area contributed by atoms with E-state index in [0.29, 0.717) is 0 Å². The minimum atomic E-state index is -0.179. The van der Waals surface area contributed by atoms with E-state index in [9.17, 15) is 0 Å². The van der Waals surface area contributed by atoms with E-state index in [0.717, 1.165) is 50.6 Å². The summed E-state index contributed by atoms with van der Waals surface area (Å²) in [5.74, 6) is 0. The van der Waals surface area contributed by atoms with Gasteiger partial charge in [-0.2, -0.15) is 0 Å². The third kappa shape index (κ3) is 12.6. The van der Waals surface area contributed by atoms with Crippen LogP contribution in [0.1, 0.15) is 122 Å². The Hall–Kier alpha value is -15.2. The van der Waals surface area contributed by atoms with Gasteiger partial charge in [-0.15, -0.1) is 0 Å². The molecular weight excluding hydrogens is 1590 g/mol. The number of benzene rings is 20. The summed E-state index contributed by atoms with van der Waals surface area (Å²) in [6, 6.07) is 152. The molecule has 20 aromatic carbocycles. The summed E-state index contributed by atoms with van der Waals surface area (Å²) in [4.78, 5) is 4.90. The summed E-state index contributed by atoms with van der Waals surface area (Å²) in [6.07, 6.45) is 0. The monoisotopic (exact) mass is 1690 g/mol. The van der Waals surface area contributed by atoms with Crippen molar-refractivity contribution in [3.8, 4) is 134 Å². The van der Waals surface area contributed by atoms with E-state index in [1.165, 1.54) is 216 Å². The molecule has 20 aromatic rings. The van der Waals surface area contributed by atoms with Crippen LogP contribution in [0.2, 0.25) is 0 Å². The van der Waals surface area contributed by atoms with E-state index in [1.54, 1.807) is 0 Å². The van der Waals surface area contributed by atoms with Crippen LogP contribution in [-0.4, -0.2) is 0 Å². The summed E-state index contributed by atoms with van der Waals surface area (Å²) in [6.45, 7) is 28.3. The summed E-state index contributed by atoms with van der Waals surface area (Å²) >= 11 is 0. The van der Waals surface area contributed by atoms with Crippen LogP contribution in [0.25, 0.3) is 166 Å². The van der Waals surface area contributed by atoms with E-state index in [1.807, 2.05) is 0 Å². The number of anilines is 6. The molecule has 2 nitrogen and oxygen atoms in total. The Labute approximate surface area is 776 Å². The van der Waals surface area contributed by atoms with Crippen molar-refractivity contribution in [1.29, 1.82) is 0 Å². The quantitative estimate of drug-likeness (QED) is 0.100. The standard InChI is InChI=1S/C130H102N2/c1-79-67-95(93-55-65-109-107-63-53-91(73-119(107)129(9,10)121(109)75-93)89-51-61-105-103-33-23-25-37-115(103)127(5,6)117(105)71-89)68-80(2)125(79)87-43-39-83(40-44-87)85-47-57-99(58-48-85)132(124-78-114-101-31-19-21-35-111(101)123(77-113(114)102-32-20-22-36-112(102)124)131(97-27-15-13-16-28-97)98-29-17-14-18-30-98)100-59-49-86(50-60-100)84-41-45-88(46-42-84)126-81(3)69-96(70-82(126)4)94-56-66-110-108-64-54-92(74-120(108)130(11,12)122(110)76-94)90-52-62-106-104-34-24-26-38-116(104)128(7,8)118(106)72-90/h13-78H,1-12H3. The van der Waals surface area contributed by atoms with Crippen molar-refractivity contribution in [2.24, 2.45) is 0 Å². The molecule has 4 aliphatic carbocycles. The van der Waals surface area contributed by atoms with Crippen molar-refractivity contribution in [2.75, 3.05) is 9.80 Å². The fourth-order valence-electron chi connectivity index (χ4n) is 23.7. The molecule has 0 aliphatic heterocycles. The predicted molar refractivity (Wildman–Crippen MR) is 561 cm³/mol. The molecule has 0 heterocycles. The van der Waals surface area contributed by atoms with Crippen LogP contribution in [-0.2, 0) is 21.7 Å². The lowest BCUT2D eigenvalue weighted by Gasteiger charge is -2.30. The first-order chi connectivity index (χ1) is 64.1. The van der Waals surface area contributed by atoms with Crippen LogP contribution >= 0.6 is 0 Å². The third-order valence-corrected chi connectivity index (χ3v) is 30.5. The normalized spacial score (nSPS) is 14.0. The number of aryl methyl sites for hydroxylation is 4. The zero-order valence-electron chi connectivity index (χ0n) is 77.0. The highest BCUT2D eigenvalue weighted by Gasteiger charge is 2.41. The zero-order chi connectivity index (χ0) is 89.5. The Morgan fingerprint density at radius 1 is 0.152 bits per heavy atom. The van der Waals surface area contributed by atoms with Crippen LogP contribution in [0, 0.1) is 27.7 Å². The highest BCUT2D eigenvalue weighted by atomic mass is 15.2. The maximum Gasteiger partial charge on any atom is 0.0546 e. The maximum atomic E-state index is 2.48. The SMILES string of the molecule is Cc1cc(-c2ccc3c(c2)C(C)(C)c2cc(-c4ccc5c(c4)C(C)(C)c4ccccc4-5)ccc2-3)cc(C)c1-c1ccc(-c2ccc(N(c3ccc(-c4ccc(-c5c(C)cc(-c6ccc7c(c6)C(C)(C)c6cc(-c8ccc9c(c8)C(C)(C)c8ccccc8-9)ccc6-7)cc5C)cc4)cc3)c3cc4c5ccccc5c(N(c5ccccc5)c5ccccc5)cc4c4ccccc34)cc2)cc1. The van der Waals surface area contributed by atoms with E-state index in [-0.39, 0.29) is 21.7 Å². The van der Waals surface area contributed by atoms with Gasteiger partial charge < -0.3 is 9.80 Å². The molecule has 132 heavy (non-hydrogen) atoms. The minimum Gasteiger partial charge on any atom is -0.310 e. The van der Waals surface area contributed by atoms with Crippen molar-refractivity contribution >= 4 is 66.4 Å². The van der Waals surface area contributed by atoms with Gasteiger partial charge in [0.15, 0.2) is 0 Å². The lowest BCUT2D eigenvalue weighted by Crippen LogP contribution is -2.15. The number of fused-ring (bicyclic) bond motifs is 17. The molecule has 0 fully saturated rings. The molecule has 0 spiro atoms. The Kier molecular flexibility index (Phi) is 18.3. The molecule has 0 N–H and O–H groups in total. The largest absolute Gasteiger partial charge is 0.310 e. The molecule has 4 aliphatic rings. The topological polar surface area (TPSA) is 6.48 Å². The molecular formula is C130H102N2. The zero-order valence-corrected chi connectivity index (χ0v) is 77.0. The van der Waals surface area contributed by atoms with E-state index >= 15 is 0 Å². The first kappa shape index (κ1) is 80.1. The van der Waals surface area contributed by atoms with E-state index < -0.39 is 0 Å². The van der Waals surface area contributed by atoms with Gasteiger partial charge in [-0.05, 0) is 347 Å². The van der Waals surface area contributed by atoms with Crippen molar-refractivity contribution in [2.45, 2.75) is 105 Å². The lowest BCUT2D eigenvalue weighted by molar-refractivity contribution is 0.659. The van der Waals surface area contributed by atoms with Crippen LogP contribution in [0.15, 0.2) is 400 Å². The van der Waals surface area contributed by atoms with E-state index in [2.05, 4.69) is 493 Å². The van der Waals surface area contributed by atoms with Crippen LogP contribution in [0.4, 0.5) is 34.1 Å². The average Bonchev–Trinajstić information content (AvgIpc) is 1.71. The summed E-state index contributed by atoms with van der Waals surface area (Å²) in [5.41, 5.74) is 52.8. The van der Waals surface area contributed by atoms with Crippen molar-refractivity contribution < 1.29 is 0 Å². The molecule has 632 valence electrons. The van der Waals surface area contributed by atoms with Gasteiger partial charge in [-0.1, -0.05) is 359 Å². The fraction of sp³-hybridized carbons (Fsp3) is 0.123. The van der Waals surface area contributed by atoms with Crippen LogP contribution in [0.3, 0.4) is 0 Å². The Morgan fingerprint density at radius 3 is 0.659 bits per heavy atom. The van der Waals surface area contributed by atoms with Crippen LogP contribution < -0.4 is 9.80 Å². The average molecular weight is 1690 g/mol. The predicted octanol–water partition coefficient (Wildman–Crippen LogP) is 35.9. The Balaban J connectivity index is 0.527. The minimum absolute atomic E-state index is 0.0526. The van der Waals surface area contributed by atoms with Gasteiger partial charge in [0, 0.05) is 55.2 Å². The smallest absolute Gasteiger partial charge is 0.0546 e. The van der Waals surface area contributed by atoms with Gasteiger partial charge in [-0.3, -0.25) is 0 Å². The van der Waals surface area contributed by atoms with E-state index in [4.69, 9.17) is 0 Å². The highest BCUT2D eigenvalue weighted by molar-refractivity contribution is 6.25. The Morgan fingerprint density at radius 2 is 0.364 bits per heavy atom. The van der Waals surface area contributed by atoms with Crippen molar-refractivity contribution in [3.63, 3.8) is 0 Å². The van der Waals surface area contributed by atoms with Gasteiger partial charge in [0.2, 0.25) is 0 Å². The molecule has 0 saturated carbocycles. The second-order valence-corrected chi connectivity index (χ2v) is 39.7. The fourth-order valence-corrected chi connectivity index (χ4v) is 23.7. The third-order valence-electron chi connectivity index (χ3n) is 30.5. The molecule has 24 rings (SSSR count). The molecule has 0 bridgehead atoms. The molecule has 0 radical (unpaired) electrons. The highest BCUT2D eigenvalue weighted by Crippen LogP contribution is 2.58. The van der Waals surface area contributed by atoms with Crippen LogP contribution in [0.5, 0.6) is 0 Å². The van der Waals surface area contributed by atoms with Gasteiger partial charge >= 0.3 is 0 Å². The second kappa shape index (κ2) is 30.2. The summed E-state index contributed by atoms with van der Waals surface area (Å²) in [7, 11) is 0. The molecule has 2 heteroatoms. The molecule has 0 amide bonds. The van der Waals surface area contributed by atoms with Gasteiger partial charge in [0.05, 0.1) is 11.4 Å². The molecule has 0 saturated heterocycles. The van der Waals surface area contributed by atoms with Crippen molar-refractivity contribution in [1.82, 2.24) is 0 Å². The summed E-state index contributed by atoms with van der Waals surface area (Å²) in [5, 5.41) is 7.09. The van der Waals surface area contributed by atoms with Gasteiger partial charge in [0.25, 0.3) is 0 Å². The number of nitrogens with zero attached hydrogens (tertiary/aromatic N) is 2.